The zero-order chi connectivity index (χ0) is 22.5. The van der Waals surface area contributed by atoms with Crippen LogP contribution in [0.15, 0.2) is 55.1 Å². The lowest BCUT2D eigenvalue weighted by Crippen LogP contribution is -2.27. The molecule has 0 unspecified atom stereocenters. The number of pyridine rings is 1. The summed E-state index contributed by atoms with van der Waals surface area (Å²) in [6.45, 7) is 1.40. The van der Waals surface area contributed by atoms with Crippen molar-refractivity contribution in [2.24, 2.45) is 0 Å². The molecule has 0 aliphatic heterocycles. The average molecular weight is 437 g/mol. The van der Waals surface area contributed by atoms with Crippen LogP contribution in [0.5, 0.6) is 0 Å². The number of aromatic nitrogens is 4. The van der Waals surface area contributed by atoms with Crippen LogP contribution < -0.4 is 16.4 Å². The van der Waals surface area contributed by atoms with Crippen LogP contribution in [0.4, 0.5) is 14.6 Å². The second-order valence-corrected chi connectivity index (χ2v) is 7.12. The zero-order valence-corrected chi connectivity index (χ0v) is 17.1. The zero-order valence-electron chi connectivity index (χ0n) is 17.1. The highest BCUT2D eigenvalue weighted by atomic mass is 19.2. The lowest BCUT2D eigenvalue weighted by molar-refractivity contribution is 0.0955. The van der Waals surface area contributed by atoms with Crippen molar-refractivity contribution in [1.29, 1.82) is 0 Å². The van der Waals surface area contributed by atoms with Gasteiger partial charge in [-0.15, -0.1) is 0 Å². The number of fused-ring (bicyclic) bond motifs is 1. The van der Waals surface area contributed by atoms with Crippen LogP contribution >= 0.6 is 0 Å². The molecule has 10 heteroatoms. The second kappa shape index (κ2) is 9.48. The van der Waals surface area contributed by atoms with Gasteiger partial charge in [0.05, 0.1) is 11.3 Å². The molecule has 0 radical (unpaired) electrons. The Kier molecular flexibility index (Phi) is 6.31. The standard InChI is InChI=1S/C22H21F2N7O/c23-17-3-2-14(10-18(17)24)12-27-6-1-7-28-22(32)16-11-19(15-4-8-26-9-5-15)31-20(16)21(25)29-13-30-31/h2-5,8-11,13,27H,1,6-7,12H2,(H,28,32)(H2,25,29,30). The highest BCUT2D eigenvalue weighted by Crippen LogP contribution is 2.27. The monoisotopic (exact) mass is 437 g/mol. The van der Waals surface area contributed by atoms with E-state index in [9.17, 15) is 13.6 Å². The second-order valence-electron chi connectivity index (χ2n) is 7.12. The van der Waals surface area contributed by atoms with Gasteiger partial charge in [-0.25, -0.2) is 18.3 Å². The predicted molar refractivity (Wildman–Crippen MR) is 116 cm³/mol. The van der Waals surface area contributed by atoms with E-state index in [1.54, 1.807) is 23.0 Å². The molecule has 164 valence electrons. The van der Waals surface area contributed by atoms with Crippen LogP contribution in [-0.2, 0) is 6.54 Å². The Morgan fingerprint density at radius 3 is 2.66 bits per heavy atom. The van der Waals surface area contributed by atoms with Gasteiger partial charge in [0, 0.05) is 31.0 Å². The maximum absolute atomic E-state index is 13.2. The molecule has 1 aromatic carbocycles. The van der Waals surface area contributed by atoms with Gasteiger partial charge in [0.2, 0.25) is 0 Å². The third kappa shape index (κ3) is 4.54. The van der Waals surface area contributed by atoms with Crippen molar-refractivity contribution in [2.45, 2.75) is 13.0 Å². The van der Waals surface area contributed by atoms with E-state index in [1.807, 2.05) is 12.1 Å². The fraction of sp³-hybridized carbons (Fsp3) is 0.182. The lowest BCUT2D eigenvalue weighted by atomic mass is 10.1. The first-order chi connectivity index (χ1) is 15.5. The minimum absolute atomic E-state index is 0.207. The molecule has 0 bridgehead atoms. The average Bonchev–Trinajstić information content (AvgIpc) is 3.20. The quantitative estimate of drug-likeness (QED) is 0.366. The maximum atomic E-state index is 13.2. The topological polar surface area (TPSA) is 110 Å². The van der Waals surface area contributed by atoms with Crippen molar-refractivity contribution < 1.29 is 13.6 Å². The molecular weight excluding hydrogens is 416 g/mol. The number of carbonyl (C=O) groups is 1. The molecule has 1 amide bonds. The molecule has 0 saturated carbocycles. The molecule has 32 heavy (non-hydrogen) atoms. The van der Waals surface area contributed by atoms with Gasteiger partial charge < -0.3 is 16.4 Å². The molecule has 4 aromatic rings. The third-order valence-electron chi connectivity index (χ3n) is 4.93. The Morgan fingerprint density at radius 1 is 1.06 bits per heavy atom. The van der Waals surface area contributed by atoms with Crippen LogP contribution in [-0.4, -0.2) is 38.6 Å². The number of amides is 1. The van der Waals surface area contributed by atoms with E-state index in [4.69, 9.17) is 5.73 Å². The summed E-state index contributed by atoms with van der Waals surface area (Å²) in [5.74, 6) is -1.82. The molecule has 3 aromatic heterocycles. The van der Waals surface area contributed by atoms with Crippen molar-refractivity contribution >= 4 is 17.2 Å². The summed E-state index contributed by atoms with van der Waals surface area (Å²) >= 11 is 0. The number of carbonyl (C=O) groups excluding carboxylic acids is 1. The highest BCUT2D eigenvalue weighted by molar-refractivity contribution is 6.05. The van der Waals surface area contributed by atoms with E-state index in [0.29, 0.717) is 48.4 Å². The molecule has 8 nitrogen and oxygen atoms in total. The molecule has 0 aliphatic rings. The minimum Gasteiger partial charge on any atom is -0.382 e. The summed E-state index contributed by atoms with van der Waals surface area (Å²) in [7, 11) is 0. The van der Waals surface area contributed by atoms with E-state index in [2.05, 4.69) is 25.7 Å². The number of nitrogen functional groups attached to an aromatic ring is 1. The van der Waals surface area contributed by atoms with Gasteiger partial charge in [-0.3, -0.25) is 9.78 Å². The molecule has 0 spiro atoms. The summed E-state index contributed by atoms with van der Waals surface area (Å²) in [5.41, 5.74) is 9.04. The largest absolute Gasteiger partial charge is 0.382 e. The summed E-state index contributed by atoms with van der Waals surface area (Å²) < 4.78 is 27.8. The Bertz CT molecular complexity index is 1240. The minimum atomic E-state index is -0.870. The lowest BCUT2D eigenvalue weighted by Gasteiger charge is -2.07. The van der Waals surface area contributed by atoms with Crippen LogP contribution in [0.1, 0.15) is 22.3 Å². The van der Waals surface area contributed by atoms with E-state index in [1.165, 1.54) is 12.4 Å². The number of hydrogen-bond acceptors (Lipinski definition) is 6. The molecule has 4 rings (SSSR count). The van der Waals surface area contributed by atoms with Crippen LogP contribution in [0.2, 0.25) is 0 Å². The van der Waals surface area contributed by atoms with E-state index < -0.39 is 11.6 Å². The van der Waals surface area contributed by atoms with E-state index >= 15 is 0 Å². The number of halogens is 2. The van der Waals surface area contributed by atoms with Crippen LogP contribution in [0.25, 0.3) is 16.8 Å². The van der Waals surface area contributed by atoms with Gasteiger partial charge in [0.25, 0.3) is 5.91 Å². The number of rotatable bonds is 8. The van der Waals surface area contributed by atoms with Crippen molar-refractivity contribution in [3.05, 3.63) is 77.9 Å². The Hall–Kier alpha value is -3.92. The molecular formula is C22H21F2N7O. The molecule has 0 saturated heterocycles. The number of anilines is 1. The number of benzene rings is 1. The Balaban J connectivity index is 1.37. The Labute approximate surface area is 182 Å². The first-order valence-electron chi connectivity index (χ1n) is 10.00. The Morgan fingerprint density at radius 2 is 1.88 bits per heavy atom. The van der Waals surface area contributed by atoms with E-state index in [-0.39, 0.29) is 11.7 Å². The number of nitrogens with zero attached hydrogens (tertiary/aromatic N) is 4. The van der Waals surface area contributed by atoms with Gasteiger partial charge >= 0.3 is 0 Å². The van der Waals surface area contributed by atoms with Crippen molar-refractivity contribution in [3.63, 3.8) is 0 Å². The molecule has 0 aliphatic carbocycles. The first-order valence-corrected chi connectivity index (χ1v) is 10.00. The molecule has 3 heterocycles. The first kappa shape index (κ1) is 21.3. The van der Waals surface area contributed by atoms with Gasteiger partial charge in [-0.2, -0.15) is 5.10 Å². The summed E-state index contributed by atoms with van der Waals surface area (Å²) in [5, 5.41) is 10.3. The fourth-order valence-corrected chi connectivity index (χ4v) is 3.36. The number of nitrogens with two attached hydrogens (primary N) is 1. The molecule has 4 N–H and O–H groups in total. The summed E-state index contributed by atoms with van der Waals surface area (Å²) in [6.07, 6.45) is 5.30. The van der Waals surface area contributed by atoms with Gasteiger partial charge in [-0.05, 0) is 48.9 Å². The van der Waals surface area contributed by atoms with Crippen LogP contribution in [0, 0.1) is 11.6 Å². The van der Waals surface area contributed by atoms with Crippen LogP contribution in [0.3, 0.4) is 0 Å². The smallest absolute Gasteiger partial charge is 0.253 e. The van der Waals surface area contributed by atoms with Crippen molar-refractivity contribution in [1.82, 2.24) is 30.2 Å². The summed E-state index contributed by atoms with van der Waals surface area (Å²) in [4.78, 5) is 20.9. The maximum Gasteiger partial charge on any atom is 0.253 e. The van der Waals surface area contributed by atoms with E-state index in [0.717, 1.165) is 17.7 Å². The van der Waals surface area contributed by atoms with Crippen molar-refractivity contribution in [3.8, 4) is 11.3 Å². The normalized spacial score (nSPS) is 11.1. The highest BCUT2D eigenvalue weighted by Gasteiger charge is 2.19. The number of hydrogen-bond donors (Lipinski definition) is 3. The van der Waals surface area contributed by atoms with Gasteiger partial charge in [0.1, 0.15) is 11.8 Å². The molecule has 0 atom stereocenters. The van der Waals surface area contributed by atoms with Gasteiger partial charge in [-0.1, -0.05) is 6.07 Å². The third-order valence-corrected chi connectivity index (χ3v) is 4.93. The fourth-order valence-electron chi connectivity index (χ4n) is 3.36. The predicted octanol–water partition coefficient (Wildman–Crippen LogP) is 2.56. The van der Waals surface area contributed by atoms with Crippen molar-refractivity contribution in [2.75, 3.05) is 18.8 Å². The summed E-state index contributed by atoms with van der Waals surface area (Å²) in [6, 6.07) is 9.16. The number of nitrogens with one attached hydrogen (secondary N) is 2. The molecule has 0 fully saturated rings. The SMILES string of the molecule is Nc1ncnn2c(-c3ccncc3)cc(C(=O)NCCCNCc3ccc(F)c(F)c3)c12. The van der Waals surface area contributed by atoms with Gasteiger partial charge in [0.15, 0.2) is 17.5 Å².